The molecule has 2 aromatic rings. The number of halogens is 2. The van der Waals surface area contributed by atoms with Gasteiger partial charge in [0.1, 0.15) is 5.82 Å². The van der Waals surface area contributed by atoms with Gasteiger partial charge in [0.2, 0.25) is 5.91 Å². The Bertz CT molecular complexity index is 580. The average molecular weight is 292 g/mol. The molecule has 0 radical (unpaired) electrons. The summed E-state index contributed by atoms with van der Waals surface area (Å²) in [5.74, 6) is -0.714. The van der Waals surface area contributed by atoms with Crippen LogP contribution in [-0.4, -0.2) is 5.91 Å². The summed E-state index contributed by atoms with van der Waals surface area (Å²) in [4.78, 5) is 12.0. The highest BCUT2D eigenvalue weighted by atomic mass is 35.5. The van der Waals surface area contributed by atoms with Crippen LogP contribution in [0.5, 0.6) is 0 Å². The van der Waals surface area contributed by atoms with E-state index in [0.717, 1.165) is 5.56 Å². The zero-order valence-corrected chi connectivity index (χ0v) is 11.8. The molecule has 104 valence electrons. The highest BCUT2D eigenvalue weighted by Gasteiger charge is 2.14. The van der Waals surface area contributed by atoms with Crippen LogP contribution in [-0.2, 0) is 11.2 Å². The molecule has 2 rings (SSSR count). The fraction of sp³-hybridized carbons (Fsp3) is 0.188. The lowest BCUT2D eigenvalue weighted by Crippen LogP contribution is -2.28. The van der Waals surface area contributed by atoms with Crippen molar-refractivity contribution in [3.05, 3.63) is 70.5 Å². The van der Waals surface area contributed by atoms with Crippen molar-refractivity contribution in [1.29, 1.82) is 0 Å². The summed E-state index contributed by atoms with van der Waals surface area (Å²) in [6.07, 6.45) is -0.0668. The van der Waals surface area contributed by atoms with Crippen LogP contribution >= 0.6 is 11.6 Å². The van der Waals surface area contributed by atoms with Gasteiger partial charge in [-0.1, -0.05) is 48.0 Å². The molecule has 0 heterocycles. The monoisotopic (exact) mass is 291 g/mol. The Morgan fingerprint density at radius 2 is 1.90 bits per heavy atom. The summed E-state index contributed by atoms with van der Waals surface area (Å²) in [6.45, 7) is 1.89. The van der Waals surface area contributed by atoms with E-state index >= 15 is 0 Å². The molecule has 20 heavy (non-hydrogen) atoms. The van der Waals surface area contributed by atoms with Crippen LogP contribution in [0, 0.1) is 5.82 Å². The smallest absolute Gasteiger partial charge is 0.225 e. The molecule has 0 spiro atoms. The maximum absolute atomic E-state index is 13.6. The fourth-order valence-electron chi connectivity index (χ4n) is 1.98. The third-order valence-corrected chi connectivity index (χ3v) is 3.43. The Morgan fingerprint density at radius 1 is 1.20 bits per heavy atom. The highest BCUT2D eigenvalue weighted by Crippen LogP contribution is 2.20. The van der Waals surface area contributed by atoms with Gasteiger partial charge in [-0.15, -0.1) is 0 Å². The van der Waals surface area contributed by atoms with Crippen molar-refractivity contribution in [3.63, 3.8) is 0 Å². The summed E-state index contributed by atoms with van der Waals surface area (Å²) < 4.78 is 13.6. The maximum Gasteiger partial charge on any atom is 0.225 e. The van der Waals surface area contributed by atoms with E-state index in [9.17, 15) is 9.18 Å². The van der Waals surface area contributed by atoms with Crippen molar-refractivity contribution < 1.29 is 9.18 Å². The van der Waals surface area contributed by atoms with E-state index in [1.54, 1.807) is 6.07 Å². The van der Waals surface area contributed by atoms with Crippen LogP contribution in [0.3, 0.4) is 0 Å². The lowest BCUT2D eigenvalue weighted by molar-refractivity contribution is -0.121. The number of hydrogen-bond acceptors (Lipinski definition) is 1. The van der Waals surface area contributed by atoms with Gasteiger partial charge >= 0.3 is 0 Å². The molecule has 1 N–H and O–H groups in total. The van der Waals surface area contributed by atoms with Gasteiger partial charge < -0.3 is 5.32 Å². The van der Waals surface area contributed by atoms with Crippen molar-refractivity contribution in [2.75, 3.05) is 0 Å². The predicted molar refractivity (Wildman–Crippen MR) is 78.1 cm³/mol. The van der Waals surface area contributed by atoms with Gasteiger partial charge in [0.15, 0.2) is 0 Å². The molecule has 2 aromatic carbocycles. The first-order valence-electron chi connectivity index (χ1n) is 6.35. The first-order valence-corrected chi connectivity index (χ1v) is 6.73. The molecule has 0 unspecified atom stereocenters. The first-order chi connectivity index (χ1) is 9.58. The van der Waals surface area contributed by atoms with E-state index in [2.05, 4.69) is 5.32 Å². The molecule has 0 aliphatic carbocycles. The lowest BCUT2D eigenvalue weighted by atomic mass is 10.1. The molecule has 0 saturated heterocycles. The van der Waals surface area contributed by atoms with Crippen LogP contribution in [0.15, 0.2) is 48.5 Å². The van der Waals surface area contributed by atoms with Crippen LogP contribution in [0.2, 0.25) is 5.02 Å². The Hall–Kier alpha value is -1.87. The van der Waals surface area contributed by atoms with E-state index in [0.29, 0.717) is 0 Å². The second-order valence-electron chi connectivity index (χ2n) is 4.58. The molecule has 4 heteroatoms. The van der Waals surface area contributed by atoms with E-state index in [4.69, 9.17) is 11.6 Å². The number of rotatable bonds is 4. The number of benzene rings is 2. The molecule has 0 fully saturated rings. The zero-order valence-electron chi connectivity index (χ0n) is 11.1. The third kappa shape index (κ3) is 3.58. The highest BCUT2D eigenvalue weighted by molar-refractivity contribution is 6.31. The van der Waals surface area contributed by atoms with Gasteiger partial charge in [-0.25, -0.2) is 4.39 Å². The van der Waals surface area contributed by atoms with Crippen LogP contribution in [0.4, 0.5) is 4.39 Å². The minimum atomic E-state index is -0.458. The average Bonchev–Trinajstić information content (AvgIpc) is 2.44. The Morgan fingerprint density at radius 3 is 2.55 bits per heavy atom. The van der Waals surface area contributed by atoms with E-state index in [-0.39, 0.29) is 29.0 Å². The number of hydrogen-bond donors (Lipinski definition) is 1. The van der Waals surface area contributed by atoms with E-state index in [1.807, 2.05) is 37.3 Å². The second kappa shape index (κ2) is 6.53. The van der Waals surface area contributed by atoms with Gasteiger partial charge in [-0.2, -0.15) is 0 Å². The molecular formula is C16H15ClFNO. The van der Waals surface area contributed by atoms with Gasteiger partial charge in [-0.3, -0.25) is 4.79 Å². The molecule has 1 atom stereocenters. The summed E-state index contributed by atoms with van der Waals surface area (Å²) in [5.41, 5.74) is 1.23. The fourth-order valence-corrected chi connectivity index (χ4v) is 2.21. The number of amides is 1. The summed E-state index contributed by atoms with van der Waals surface area (Å²) >= 11 is 5.91. The second-order valence-corrected chi connectivity index (χ2v) is 4.98. The number of carbonyl (C=O) groups excluding carboxylic acids is 1. The molecule has 0 aromatic heterocycles. The van der Waals surface area contributed by atoms with Crippen molar-refractivity contribution in [2.45, 2.75) is 19.4 Å². The van der Waals surface area contributed by atoms with Gasteiger partial charge in [0.05, 0.1) is 12.5 Å². The quantitative estimate of drug-likeness (QED) is 0.909. The Labute approximate surface area is 122 Å². The summed E-state index contributed by atoms with van der Waals surface area (Å²) in [6, 6.07) is 13.9. The van der Waals surface area contributed by atoms with Crippen LogP contribution in [0.25, 0.3) is 0 Å². The molecule has 0 aliphatic heterocycles. The van der Waals surface area contributed by atoms with E-state index in [1.165, 1.54) is 12.1 Å². The van der Waals surface area contributed by atoms with E-state index < -0.39 is 5.82 Å². The molecule has 2 nitrogen and oxygen atoms in total. The zero-order chi connectivity index (χ0) is 14.5. The van der Waals surface area contributed by atoms with Crippen molar-refractivity contribution >= 4 is 17.5 Å². The number of nitrogens with one attached hydrogen (secondary N) is 1. The van der Waals surface area contributed by atoms with Crippen molar-refractivity contribution in [2.24, 2.45) is 0 Å². The normalized spacial score (nSPS) is 11.9. The SMILES string of the molecule is C[C@H](NC(=O)Cc1c(F)cccc1Cl)c1ccccc1. The third-order valence-electron chi connectivity index (χ3n) is 3.08. The molecule has 0 bridgehead atoms. The summed E-state index contributed by atoms with van der Waals surface area (Å²) in [7, 11) is 0. The predicted octanol–water partition coefficient (Wildman–Crippen LogP) is 3.90. The number of carbonyl (C=O) groups is 1. The minimum absolute atomic E-state index is 0.0668. The molecular weight excluding hydrogens is 277 g/mol. The standard InChI is InChI=1S/C16H15ClFNO/c1-11(12-6-3-2-4-7-12)19-16(20)10-13-14(17)8-5-9-15(13)18/h2-9,11H,10H2,1H3,(H,19,20)/t11-/m0/s1. The van der Waals surface area contributed by atoms with Crippen LogP contribution in [0.1, 0.15) is 24.1 Å². The Kier molecular flexibility index (Phi) is 4.74. The minimum Gasteiger partial charge on any atom is -0.349 e. The van der Waals surface area contributed by atoms with Crippen molar-refractivity contribution in [3.8, 4) is 0 Å². The van der Waals surface area contributed by atoms with Gasteiger partial charge in [0, 0.05) is 10.6 Å². The molecule has 0 saturated carbocycles. The maximum atomic E-state index is 13.6. The largest absolute Gasteiger partial charge is 0.349 e. The topological polar surface area (TPSA) is 29.1 Å². The van der Waals surface area contributed by atoms with Crippen LogP contribution < -0.4 is 5.32 Å². The molecule has 0 aliphatic rings. The van der Waals surface area contributed by atoms with Gasteiger partial charge in [-0.05, 0) is 24.6 Å². The molecule has 1 amide bonds. The first kappa shape index (κ1) is 14.5. The Balaban J connectivity index is 2.03. The van der Waals surface area contributed by atoms with Crippen molar-refractivity contribution in [1.82, 2.24) is 5.32 Å². The van der Waals surface area contributed by atoms with Gasteiger partial charge in [0.25, 0.3) is 0 Å². The lowest BCUT2D eigenvalue weighted by Gasteiger charge is -2.14. The summed E-state index contributed by atoms with van der Waals surface area (Å²) in [5, 5.41) is 3.11.